The number of fused-ring (bicyclic) bond motifs is 1. The number of aromatic amines is 1. The fraction of sp³-hybridized carbons (Fsp3) is 0.238. The molecule has 0 unspecified atom stereocenters. The van der Waals surface area contributed by atoms with Crippen LogP contribution in [0.25, 0.3) is 22.6 Å². The number of aryl methyl sites for hydroxylation is 1. The molecule has 0 saturated heterocycles. The van der Waals surface area contributed by atoms with Crippen molar-refractivity contribution in [2.45, 2.75) is 32.7 Å². The lowest BCUT2D eigenvalue weighted by atomic mass is 10.0. The maximum absolute atomic E-state index is 13.2. The van der Waals surface area contributed by atoms with Crippen LogP contribution in [0.4, 0.5) is 0 Å². The molecule has 1 aliphatic carbocycles. The third-order valence-corrected chi connectivity index (χ3v) is 4.85. The van der Waals surface area contributed by atoms with Crippen LogP contribution < -0.4 is 5.56 Å². The van der Waals surface area contributed by atoms with E-state index in [0.717, 1.165) is 17.7 Å². The molecule has 6 heteroatoms. The number of benzene rings is 1. The lowest BCUT2D eigenvalue weighted by molar-refractivity contribution is 0.688. The van der Waals surface area contributed by atoms with Gasteiger partial charge < -0.3 is 4.57 Å². The predicted molar refractivity (Wildman–Crippen MR) is 105 cm³/mol. The Morgan fingerprint density at radius 2 is 1.89 bits per heavy atom. The minimum absolute atomic E-state index is 0.0803. The third kappa shape index (κ3) is 3.26. The van der Waals surface area contributed by atoms with Gasteiger partial charge in [-0.1, -0.05) is 62.4 Å². The lowest BCUT2D eigenvalue weighted by Crippen LogP contribution is -2.18. The maximum Gasteiger partial charge on any atom is 0.262 e. The zero-order valence-corrected chi connectivity index (χ0v) is 15.4. The van der Waals surface area contributed by atoms with E-state index in [-0.39, 0.29) is 5.56 Å². The van der Waals surface area contributed by atoms with Gasteiger partial charge in [-0.25, -0.2) is 0 Å². The van der Waals surface area contributed by atoms with Crippen LogP contribution in [0.5, 0.6) is 0 Å². The van der Waals surface area contributed by atoms with Gasteiger partial charge in [0.2, 0.25) is 5.82 Å². The van der Waals surface area contributed by atoms with E-state index in [1.54, 1.807) is 0 Å². The number of hydrogen-bond acceptors (Lipinski definition) is 4. The monoisotopic (exact) mass is 359 g/mol. The zero-order valence-electron chi connectivity index (χ0n) is 15.4. The highest BCUT2D eigenvalue weighted by Gasteiger charge is 2.24. The van der Waals surface area contributed by atoms with Crippen molar-refractivity contribution in [3.05, 3.63) is 76.1 Å². The van der Waals surface area contributed by atoms with E-state index in [1.807, 2.05) is 34.9 Å². The number of H-pyrrole nitrogens is 1. The van der Waals surface area contributed by atoms with Crippen LogP contribution in [0.3, 0.4) is 0 Å². The maximum atomic E-state index is 13.2. The Labute approximate surface area is 157 Å². The smallest absolute Gasteiger partial charge is 0.262 e. The van der Waals surface area contributed by atoms with Gasteiger partial charge in [-0.05, 0) is 34.7 Å². The van der Waals surface area contributed by atoms with E-state index >= 15 is 0 Å². The highest BCUT2D eigenvalue weighted by atomic mass is 16.1. The highest BCUT2D eigenvalue weighted by Crippen LogP contribution is 2.31. The van der Waals surface area contributed by atoms with Gasteiger partial charge in [0, 0.05) is 12.1 Å². The average molecular weight is 359 g/mol. The summed E-state index contributed by atoms with van der Waals surface area (Å²) in [4.78, 5) is 13.2. The molecule has 6 nitrogen and oxygen atoms in total. The molecule has 0 radical (unpaired) electrons. The summed E-state index contributed by atoms with van der Waals surface area (Å²) in [7, 11) is 0. The number of nitrogens with zero attached hydrogens (tertiary/aromatic N) is 4. The van der Waals surface area contributed by atoms with Crippen LogP contribution in [0.15, 0.2) is 59.4 Å². The van der Waals surface area contributed by atoms with E-state index in [4.69, 9.17) is 0 Å². The molecular formula is C21H21N5O. The molecule has 136 valence electrons. The summed E-state index contributed by atoms with van der Waals surface area (Å²) in [6.07, 6.45) is 0.779. The molecule has 0 spiro atoms. The van der Waals surface area contributed by atoms with Crippen molar-refractivity contribution >= 4 is 0 Å². The van der Waals surface area contributed by atoms with Crippen molar-refractivity contribution in [2.24, 2.45) is 0 Å². The van der Waals surface area contributed by atoms with Gasteiger partial charge in [0.05, 0.1) is 11.3 Å². The highest BCUT2D eigenvalue weighted by molar-refractivity contribution is 5.80. The molecule has 0 bridgehead atoms. The summed E-state index contributed by atoms with van der Waals surface area (Å²) in [5.74, 6) is 0.697. The standard InChI is InChI=1S/C21H21N5O/c1-14(2)16-9-6-10-17-18(13-16)26(12-11-15-7-4-3-5-8-15)21(27)19(17)20-22-24-25-23-20/h3-10,13-14H,11-12H2,1-2H3,(H,22,23,24,25). The molecular weight excluding hydrogens is 338 g/mol. The minimum Gasteiger partial charge on any atom is -0.307 e. The molecule has 2 aliphatic rings. The first kappa shape index (κ1) is 17.1. The van der Waals surface area contributed by atoms with Crippen molar-refractivity contribution in [2.75, 3.05) is 0 Å². The molecule has 1 aliphatic heterocycles. The first-order valence-corrected chi connectivity index (χ1v) is 9.09. The molecule has 2 aromatic rings. The van der Waals surface area contributed by atoms with Gasteiger partial charge in [-0.3, -0.25) is 4.79 Å². The van der Waals surface area contributed by atoms with Gasteiger partial charge in [-0.2, -0.15) is 5.21 Å². The Kier molecular flexibility index (Phi) is 4.54. The molecule has 1 aromatic carbocycles. The number of nitrogens with one attached hydrogen (secondary N) is 1. The molecule has 1 N–H and O–H groups in total. The van der Waals surface area contributed by atoms with Crippen molar-refractivity contribution < 1.29 is 0 Å². The Bertz CT molecular complexity index is 1070. The SMILES string of the molecule is CC(C)c1cccc2c(-c3nn[nH]n3)c(=O)n(CCc3ccccc3)c-2c1. The fourth-order valence-electron chi connectivity index (χ4n) is 3.37. The molecule has 27 heavy (non-hydrogen) atoms. The van der Waals surface area contributed by atoms with Crippen molar-refractivity contribution in [1.29, 1.82) is 0 Å². The summed E-state index contributed by atoms with van der Waals surface area (Å²) in [5.41, 5.74) is 4.55. The molecule has 4 rings (SSSR count). The molecule has 0 fully saturated rings. The van der Waals surface area contributed by atoms with E-state index < -0.39 is 0 Å². The average Bonchev–Trinajstić information content (AvgIpc) is 3.20. The topological polar surface area (TPSA) is 76.5 Å². The Morgan fingerprint density at radius 3 is 2.59 bits per heavy atom. The quantitative estimate of drug-likeness (QED) is 0.592. The second-order valence-electron chi connectivity index (χ2n) is 6.93. The molecule has 0 amide bonds. The van der Waals surface area contributed by atoms with Crippen LogP contribution in [0.2, 0.25) is 0 Å². The largest absolute Gasteiger partial charge is 0.307 e. The summed E-state index contributed by atoms with van der Waals surface area (Å²) < 4.78 is 1.83. The second kappa shape index (κ2) is 7.15. The van der Waals surface area contributed by atoms with Crippen molar-refractivity contribution in [3.8, 4) is 22.6 Å². The number of hydrogen-bond donors (Lipinski definition) is 1. The zero-order chi connectivity index (χ0) is 18.8. The van der Waals surface area contributed by atoms with Crippen LogP contribution in [-0.4, -0.2) is 25.2 Å². The van der Waals surface area contributed by atoms with E-state index in [9.17, 15) is 4.79 Å². The lowest BCUT2D eigenvalue weighted by Gasteiger charge is -2.08. The van der Waals surface area contributed by atoms with Gasteiger partial charge in [0.1, 0.15) is 0 Å². The van der Waals surface area contributed by atoms with Crippen molar-refractivity contribution in [1.82, 2.24) is 25.2 Å². The number of rotatable bonds is 5. The van der Waals surface area contributed by atoms with Gasteiger partial charge in [0.15, 0.2) is 0 Å². The van der Waals surface area contributed by atoms with E-state index in [2.05, 4.69) is 58.7 Å². The van der Waals surface area contributed by atoms with Crippen LogP contribution in [0.1, 0.15) is 30.9 Å². The molecule has 2 heterocycles. The molecule has 0 atom stereocenters. The summed E-state index contributed by atoms with van der Waals surface area (Å²) in [6.45, 7) is 4.89. The normalized spacial score (nSPS) is 11.4. The third-order valence-electron chi connectivity index (χ3n) is 4.85. The van der Waals surface area contributed by atoms with Gasteiger partial charge in [0.25, 0.3) is 5.56 Å². The summed E-state index contributed by atoms with van der Waals surface area (Å²) in [6, 6.07) is 18.3. The first-order chi connectivity index (χ1) is 13.1. The summed E-state index contributed by atoms with van der Waals surface area (Å²) >= 11 is 0. The number of aromatic nitrogens is 5. The Morgan fingerprint density at radius 1 is 1.07 bits per heavy atom. The summed E-state index contributed by atoms with van der Waals surface area (Å²) in [5, 5.41) is 14.2. The Balaban J connectivity index is 1.86. The van der Waals surface area contributed by atoms with Crippen LogP contribution in [0, 0.1) is 0 Å². The van der Waals surface area contributed by atoms with Crippen LogP contribution in [-0.2, 0) is 13.0 Å². The van der Waals surface area contributed by atoms with E-state index in [1.165, 1.54) is 11.1 Å². The number of tetrazole rings is 1. The van der Waals surface area contributed by atoms with Crippen LogP contribution >= 0.6 is 0 Å². The molecule has 1 aromatic heterocycles. The van der Waals surface area contributed by atoms with Gasteiger partial charge >= 0.3 is 0 Å². The van der Waals surface area contributed by atoms with Crippen molar-refractivity contribution in [3.63, 3.8) is 0 Å². The first-order valence-electron chi connectivity index (χ1n) is 9.09. The molecule has 0 saturated carbocycles. The minimum atomic E-state index is -0.0803. The van der Waals surface area contributed by atoms with E-state index in [0.29, 0.717) is 23.9 Å². The Hall–Kier alpha value is -3.28. The second-order valence-corrected chi connectivity index (χ2v) is 6.93. The fourth-order valence-corrected chi connectivity index (χ4v) is 3.37. The van der Waals surface area contributed by atoms with Gasteiger partial charge in [-0.15, -0.1) is 10.2 Å². The predicted octanol–water partition coefficient (Wildman–Crippen LogP) is 3.50.